The number of hydrogen-bond donors (Lipinski definition) is 1. The van der Waals surface area contributed by atoms with Crippen molar-refractivity contribution in [1.29, 1.82) is 0 Å². The van der Waals surface area contributed by atoms with Gasteiger partial charge in [0.15, 0.2) is 11.5 Å². The molecule has 1 aromatic heterocycles. The Bertz CT molecular complexity index is 680. The number of methoxy groups -OCH3 is 1. The van der Waals surface area contributed by atoms with Gasteiger partial charge in [0, 0.05) is 13.1 Å². The SMILES string of the molecule is CNc1ncc(Cl)c(Oc2ccc([N+](=O)[O-])cc2OC)n1. The summed E-state index contributed by atoms with van der Waals surface area (Å²) in [7, 11) is 3.03. The molecule has 1 aromatic carbocycles. The van der Waals surface area contributed by atoms with Crippen LogP contribution in [-0.4, -0.2) is 29.0 Å². The number of aromatic nitrogens is 2. The maximum atomic E-state index is 10.7. The summed E-state index contributed by atoms with van der Waals surface area (Å²) in [6, 6.07) is 3.96. The third kappa shape index (κ3) is 3.29. The van der Waals surface area contributed by atoms with Crippen molar-refractivity contribution in [3.05, 3.63) is 39.5 Å². The molecular formula is C12H11ClN4O4. The zero-order chi connectivity index (χ0) is 15.4. The number of nitro benzene ring substituents is 1. The number of nitrogens with zero attached hydrogens (tertiary/aromatic N) is 3. The molecule has 9 heteroatoms. The quantitative estimate of drug-likeness (QED) is 0.669. The zero-order valence-electron chi connectivity index (χ0n) is 11.2. The van der Waals surface area contributed by atoms with Gasteiger partial charge in [0.05, 0.1) is 24.3 Å². The second-order valence-corrected chi connectivity index (χ2v) is 4.20. The Kier molecular flexibility index (Phi) is 4.39. The Morgan fingerprint density at radius 3 is 2.76 bits per heavy atom. The molecule has 0 aliphatic rings. The van der Waals surface area contributed by atoms with Crippen LogP contribution < -0.4 is 14.8 Å². The molecule has 0 unspecified atom stereocenters. The first-order valence-electron chi connectivity index (χ1n) is 5.75. The van der Waals surface area contributed by atoms with Crippen LogP contribution in [0.25, 0.3) is 0 Å². The van der Waals surface area contributed by atoms with Crippen LogP contribution >= 0.6 is 11.6 Å². The maximum absolute atomic E-state index is 10.7. The monoisotopic (exact) mass is 310 g/mol. The lowest BCUT2D eigenvalue weighted by Crippen LogP contribution is -1.99. The Morgan fingerprint density at radius 2 is 2.14 bits per heavy atom. The fraction of sp³-hybridized carbons (Fsp3) is 0.167. The van der Waals surface area contributed by atoms with Crippen LogP contribution in [0, 0.1) is 10.1 Å². The van der Waals surface area contributed by atoms with Crippen molar-refractivity contribution in [2.75, 3.05) is 19.5 Å². The number of non-ortho nitro benzene ring substituents is 1. The van der Waals surface area contributed by atoms with Crippen molar-refractivity contribution in [3.63, 3.8) is 0 Å². The number of ether oxygens (including phenoxy) is 2. The van der Waals surface area contributed by atoms with Crippen LogP contribution in [-0.2, 0) is 0 Å². The Balaban J connectivity index is 2.37. The topological polar surface area (TPSA) is 99.4 Å². The molecule has 21 heavy (non-hydrogen) atoms. The molecule has 0 aliphatic heterocycles. The van der Waals surface area contributed by atoms with Crippen LogP contribution in [0.2, 0.25) is 5.02 Å². The predicted molar refractivity (Wildman–Crippen MR) is 76.3 cm³/mol. The number of nitrogens with one attached hydrogen (secondary N) is 1. The third-order valence-electron chi connectivity index (χ3n) is 2.50. The van der Waals surface area contributed by atoms with E-state index in [1.54, 1.807) is 7.05 Å². The van der Waals surface area contributed by atoms with Gasteiger partial charge >= 0.3 is 0 Å². The highest BCUT2D eigenvalue weighted by Crippen LogP contribution is 2.36. The first kappa shape index (κ1) is 14.8. The lowest BCUT2D eigenvalue weighted by molar-refractivity contribution is -0.384. The van der Waals surface area contributed by atoms with E-state index >= 15 is 0 Å². The minimum Gasteiger partial charge on any atom is -0.493 e. The number of nitro groups is 1. The van der Waals surface area contributed by atoms with E-state index in [9.17, 15) is 10.1 Å². The lowest BCUT2D eigenvalue weighted by Gasteiger charge is -2.10. The van der Waals surface area contributed by atoms with Gasteiger partial charge in [0.1, 0.15) is 5.02 Å². The maximum Gasteiger partial charge on any atom is 0.273 e. The molecule has 0 fully saturated rings. The zero-order valence-corrected chi connectivity index (χ0v) is 11.9. The van der Waals surface area contributed by atoms with Crippen LogP contribution in [0.3, 0.4) is 0 Å². The van der Waals surface area contributed by atoms with Gasteiger partial charge in [-0.1, -0.05) is 11.6 Å². The molecule has 0 saturated heterocycles. The normalized spacial score (nSPS) is 10.0. The molecule has 0 radical (unpaired) electrons. The lowest BCUT2D eigenvalue weighted by atomic mass is 10.3. The van der Waals surface area contributed by atoms with Gasteiger partial charge in [-0.25, -0.2) is 4.98 Å². The molecule has 0 saturated carbocycles. The van der Waals surface area contributed by atoms with Gasteiger partial charge in [0.2, 0.25) is 11.8 Å². The van der Waals surface area contributed by atoms with Gasteiger partial charge in [-0.15, -0.1) is 0 Å². The smallest absolute Gasteiger partial charge is 0.273 e. The van der Waals surface area contributed by atoms with Crippen LogP contribution in [0.15, 0.2) is 24.4 Å². The van der Waals surface area contributed by atoms with Crippen molar-refractivity contribution in [2.24, 2.45) is 0 Å². The predicted octanol–water partition coefficient (Wildman–Crippen LogP) is 2.88. The first-order chi connectivity index (χ1) is 10.0. The van der Waals surface area contributed by atoms with E-state index in [0.29, 0.717) is 5.95 Å². The highest BCUT2D eigenvalue weighted by molar-refractivity contribution is 6.31. The van der Waals surface area contributed by atoms with Crippen LogP contribution in [0.4, 0.5) is 11.6 Å². The molecule has 0 amide bonds. The third-order valence-corrected chi connectivity index (χ3v) is 2.76. The number of hydrogen-bond acceptors (Lipinski definition) is 7. The van der Waals surface area contributed by atoms with Crippen molar-refractivity contribution < 1.29 is 14.4 Å². The second kappa shape index (κ2) is 6.23. The molecule has 8 nitrogen and oxygen atoms in total. The molecular weight excluding hydrogens is 300 g/mol. The van der Waals surface area contributed by atoms with Gasteiger partial charge < -0.3 is 14.8 Å². The Labute approximate surface area is 124 Å². The molecule has 0 aliphatic carbocycles. The van der Waals surface area contributed by atoms with E-state index in [1.807, 2.05) is 0 Å². The van der Waals surface area contributed by atoms with Crippen molar-refractivity contribution >= 4 is 23.2 Å². The van der Waals surface area contributed by atoms with Crippen LogP contribution in [0.5, 0.6) is 17.4 Å². The highest BCUT2D eigenvalue weighted by Gasteiger charge is 2.15. The van der Waals surface area contributed by atoms with Crippen molar-refractivity contribution in [3.8, 4) is 17.4 Å². The van der Waals surface area contributed by atoms with E-state index in [-0.39, 0.29) is 28.1 Å². The summed E-state index contributed by atoms with van der Waals surface area (Å²) in [4.78, 5) is 18.2. The summed E-state index contributed by atoms with van der Waals surface area (Å²) >= 11 is 5.95. The average molecular weight is 311 g/mol. The second-order valence-electron chi connectivity index (χ2n) is 3.79. The van der Waals surface area contributed by atoms with Gasteiger partial charge in [-0.2, -0.15) is 4.98 Å². The van der Waals surface area contributed by atoms with Crippen LogP contribution in [0.1, 0.15) is 0 Å². The molecule has 2 aromatic rings. The number of halogens is 1. The molecule has 1 N–H and O–H groups in total. The Hall–Kier alpha value is -2.61. The van der Waals surface area contributed by atoms with Crippen molar-refractivity contribution in [1.82, 2.24) is 9.97 Å². The largest absolute Gasteiger partial charge is 0.493 e. The first-order valence-corrected chi connectivity index (χ1v) is 6.13. The summed E-state index contributed by atoms with van der Waals surface area (Å²) in [5.74, 6) is 0.897. The summed E-state index contributed by atoms with van der Waals surface area (Å²) in [6.07, 6.45) is 1.38. The van der Waals surface area contributed by atoms with E-state index in [0.717, 1.165) is 0 Å². The highest BCUT2D eigenvalue weighted by atomic mass is 35.5. The van der Waals surface area contributed by atoms with Gasteiger partial charge in [0.25, 0.3) is 5.69 Å². The summed E-state index contributed by atoms with van der Waals surface area (Å²) in [6.45, 7) is 0. The van der Waals surface area contributed by atoms with E-state index in [2.05, 4.69) is 15.3 Å². The number of rotatable bonds is 5. The minimum atomic E-state index is -0.525. The number of anilines is 1. The van der Waals surface area contributed by atoms with E-state index in [4.69, 9.17) is 21.1 Å². The molecule has 0 spiro atoms. The minimum absolute atomic E-state index is 0.108. The standard InChI is InChI=1S/C12H11ClN4O4/c1-14-12-15-6-8(13)11(16-12)21-9-4-3-7(17(18)19)5-10(9)20-2/h3-6H,1-2H3,(H,14,15,16). The fourth-order valence-electron chi connectivity index (χ4n) is 1.50. The average Bonchev–Trinajstić information content (AvgIpc) is 2.49. The Morgan fingerprint density at radius 1 is 1.38 bits per heavy atom. The van der Waals surface area contributed by atoms with E-state index < -0.39 is 4.92 Å². The summed E-state index contributed by atoms with van der Waals surface area (Å²) < 4.78 is 10.6. The molecule has 110 valence electrons. The van der Waals surface area contributed by atoms with Gasteiger partial charge in [-0.05, 0) is 6.07 Å². The fourth-order valence-corrected chi connectivity index (χ4v) is 1.63. The van der Waals surface area contributed by atoms with Gasteiger partial charge in [-0.3, -0.25) is 10.1 Å². The molecule has 1 heterocycles. The molecule has 0 atom stereocenters. The van der Waals surface area contributed by atoms with E-state index in [1.165, 1.54) is 31.5 Å². The molecule has 2 rings (SSSR count). The summed E-state index contributed by atoms with van der Waals surface area (Å²) in [5, 5.41) is 13.7. The molecule has 0 bridgehead atoms. The summed E-state index contributed by atoms with van der Waals surface area (Å²) in [5.41, 5.74) is -0.108. The number of benzene rings is 1. The van der Waals surface area contributed by atoms with Crippen molar-refractivity contribution in [2.45, 2.75) is 0 Å².